The van der Waals surface area contributed by atoms with Crippen LogP contribution < -0.4 is 10.6 Å². The van der Waals surface area contributed by atoms with E-state index in [2.05, 4.69) is 0 Å². The monoisotopic (exact) mass is 208 g/mol. The van der Waals surface area contributed by atoms with Crippen molar-refractivity contribution in [2.24, 2.45) is 0 Å². The average Bonchev–Trinajstić information content (AvgIpc) is 2.16. The maximum atomic E-state index is 10.8. The van der Waals surface area contributed by atoms with Crippen LogP contribution in [0.4, 0.5) is 11.4 Å². The fourth-order valence-corrected chi connectivity index (χ4v) is 1.26. The van der Waals surface area contributed by atoms with Crippen molar-refractivity contribution in [2.45, 2.75) is 19.9 Å². The van der Waals surface area contributed by atoms with Gasteiger partial charge in [0.25, 0.3) is 0 Å². The van der Waals surface area contributed by atoms with Crippen molar-refractivity contribution >= 4 is 17.3 Å². The van der Waals surface area contributed by atoms with E-state index >= 15 is 0 Å². The van der Waals surface area contributed by atoms with Crippen molar-refractivity contribution in [1.29, 1.82) is 0 Å². The first-order valence-corrected chi connectivity index (χ1v) is 4.79. The van der Waals surface area contributed by atoms with E-state index in [1.54, 1.807) is 12.1 Å². The summed E-state index contributed by atoms with van der Waals surface area (Å²) in [4.78, 5) is 12.7. The van der Waals surface area contributed by atoms with Crippen LogP contribution in [-0.2, 0) is 0 Å². The predicted molar refractivity (Wildman–Crippen MR) is 61.4 cm³/mol. The molecule has 0 radical (unpaired) electrons. The van der Waals surface area contributed by atoms with E-state index in [1.165, 1.54) is 6.07 Å². The Balaban J connectivity index is 3.16. The van der Waals surface area contributed by atoms with Crippen molar-refractivity contribution in [3.05, 3.63) is 23.8 Å². The van der Waals surface area contributed by atoms with Gasteiger partial charge in [-0.15, -0.1) is 0 Å². The zero-order valence-electron chi connectivity index (χ0n) is 9.19. The summed E-state index contributed by atoms with van der Waals surface area (Å²) in [5, 5.41) is 8.86. The molecule has 0 unspecified atom stereocenters. The quantitative estimate of drug-likeness (QED) is 0.743. The lowest BCUT2D eigenvalue weighted by atomic mass is 10.1. The van der Waals surface area contributed by atoms with E-state index in [9.17, 15) is 4.79 Å². The number of hydrogen-bond donors (Lipinski definition) is 2. The summed E-state index contributed by atoms with van der Waals surface area (Å²) in [6, 6.07) is 5.00. The molecule has 0 atom stereocenters. The Kier molecular flexibility index (Phi) is 3.19. The van der Waals surface area contributed by atoms with Gasteiger partial charge in [0, 0.05) is 13.1 Å². The Bertz CT molecular complexity index is 375. The highest BCUT2D eigenvalue weighted by Crippen LogP contribution is 2.25. The highest BCUT2D eigenvalue weighted by Gasteiger charge is 2.11. The Morgan fingerprint density at radius 2 is 2.07 bits per heavy atom. The van der Waals surface area contributed by atoms with Gasteiger partial charge in [0.2, 0.25) is 0 Å². The molecule has 0 saturated carbocycles. The Labute approximate surface area is 89.3 Å². The number of carbonyl (C=O) groups is 1. The maximum absolute atomic E-state index is 10.8. The lowest BCUT2D eigenvalue weighted by Gasteiger charge is -2.25. The van der Waals surface area contributed by atoms with Crippen LogP contribution in [0.5, 0.6) is 0 Å². The van der Waals surface area contributed by atoms with Gasteiger partial charge in [0.1, 0.15) is 0 Å². The highest BCUT2D eigenvalue weighted by atomic mass is 16.4. The van der Waals surface area contributed by atoms with Crippen molar-refractivity contribution < 1.29 is 9.90 Å². The van der Waals surface area contributed by atoms with Crippen LogP contribution in [0.3, 0.4) is 0 Å². The third-order valence-electron chi connectivity index (χ3n) is 2.43. The zero-order chi connectivity index (χ0) is 11.6. The minimum absolute atomic E-state index is 0.256. The molecule has 0 fully saturated rings. The Morgan fingerprint density at radius 1 is 1.47 bits per heavy atom. The van der Waals surface area contributed by atoms with Gasteiger partial charge in [-0.1, -0.05) is 0 Å². The molecule has 1 aromatic carbocycles. The van der Waals surface area contributed by atoms with Crippen molar-refractivity contribution in [3.8, 4) is 0 Å². The number of hydrogen-bond acceptors (Lipinski definition) is 3. The van der Waals surface area contributed by atoms with Crippen LogP contribution in [0.1, 0.15) is 24.2 Å². The van der Waals surface area contributed by atoms with Crippen LogP contribution >= 0.6 is 0 Å². The second kappa shape index (κ2) is 4.21. The first-order valence-electron chi connectivity index (χ1n) is 4.79. The molecule has 15 heavy (non-hydrogen) atoms. The molecule has 0 aliphatic carbocycles. The number of anilines is 2. The smallest absolute Gasteiger partial charge is 0.335 e. The first-order chi connectivity index (χ1) is 6.93. The van der Waals surface area contributed by atoms with E-state index in [0.717, 1.165) is 5.69 Å². The molecule has 0 bridgehead atoms. The molecule has 0 spiro atoms. The minimum Gasteiger partial charge on any atom is -0.478 e. The summed E-state index contributed by atoms with van der Waals surface area (Å²) in [5.74, 6) is -0.937. The molecular weight excluding hydrogens is 192 g/mol. The molecule has 1 rings (SSSR count). The number of rotatable bonds is 3. The third-order valence-corrected chi connectivity index (χ3v) is 2.43. The Morgan fingerprint density at radius 3 is 2.53 bits per heavy atom. The van der Waals surface area contributed by atoms with Crippen LogP contribution in [0.2, 0.25) is 0 Å². The number of benzene rings is 1. The first kappa shape index (κ1) is 11.4. The number of nitrogens with two attached hydrogens (primary N) is 1. The second-order valence-electron chi connectivity index (χ2n) is 3.78. The van der Waals surface area contributed by atoms with Gasteiger partial charge in [-0.05, 0) is 32.0 Å². The number of nitrogen functional groups attached to an aromatic ring is 1. The molecule has 3 N–H and O–H groups in total. The van der Waals surface area contributed by atoms with Gasteiger partial charge in [0.15, 0.2) is 0 Å². The molecule has 4 heteroatoms. The molecule has 0 amide bonds. The number of aromatic carboxylic acids is 1. The van der Waals surface area contributed by atoms with Gasteiger partial charge in [0.05, 0.1) is 16.9 Å². The topological polar surface area (TPSA) is 66.6 Å². The van der Waals surface area contributed by atoms with E-state index in [1.807, 2.05) is 25.8 Å². The molecule has 0 saturated heterocycles. The average molecular weight is 208 g/mol. The van der Waals surface area contributed by atoms with Crippen LogP contribution in [-0.4, -0.2) is 24.2 Å². The molecular formula is C11H16N2O2. The van der Waals surface area contributed by atoms with E-state index in [-0.39, 0.29) is 11.6 Å². The standard InChI is InChI=1S/C11H16N2O2/c1-7(2)13(3)10-6-8(11(14)15)4-5-9(10)12/h4-7H,12H2,1-3H3,(H,14,15). The number of nitrogens with zero attached hydrogens (tertiary/aromatic N) is 1. The Hall–Kier alpha value is -1.71. The van der Waals surface area contributed by atoms with Crippen LogP contribution in [0.15, 0.2) is 18.2 Å². The van der Waals surface area contributed by atoms with E-state index in [4.69, 9.17) is 10.8 Å². The predicted octanol–water partition coefficient (Wildman–Crippen LogP) is 1.81. The lowest BCUT2D eigenvalue weighted by Crippen LogP contribution is -2.26. The molecule has 1 aromatic rings. The number of carboxylic acid groups (broad SMARTS) is 1. The van der Waals surface area contributed by atoms with Crippen LogP contribution in [0, 0.1) is 0 Å². The molecule has 0 aliphatic heterocycles. The summed E-state index contributed by atoms with van der Waals surface area (Å²) >= 11 is 0. The van der Waals surface area contributed by atoms with E-state index in [0.29, 0.717) is 5.69 Å². The normalized spacial score (nSPS) is 10.4. The molecule has 0 aromatic heterocycles. The minimum atomic E-state index is -0.937. The van der Waals surface area contributed by atoms with Crippen molar-refractivity contribution in [3.63, 3.8) is 0 Å². The summed E-state index contributed by atoms with van der Waals surface area (Å²) in [5.41, 5.74) is 7.40. The maximum Gasteiger partial charge on any atom is 0.335 e. The van der Waals surface area contributed by atoms with Crippen LogP contribution in [0.25, 0.3) is 0 Å². The molecule has 4 nitrogen and oxygen atoms in total. The summed E-state index contributed by atoms with van der Waals surface area (Å²) < 4.78 is 0. The van der Waals surface area contributed by atoms with Gasteiger partial charge in [-0.3, -0.25) is 0 Å². The van der Waals surface area contributed by atoms with E-state index < -0.39 is 5.97 Å². The van der Waals surface area contributed by atoms with Gasteiger partial charge in [-0.25, -0.2) is 4.79 Å². The SMILES string of the molecule is CC(C)N(C)c1cc(C(=O)O)ccc1N. The third kappa shape index (κ3) is 2.40. The molecule has 0 aliphatic rings. The second-order valence-corrected chi connectivity index (χ2v) is 3.78. The van der Waals surface area contributed by atoms with Gasteiger partial charge in [-0.2, -0.15) is 0 Å². The largest absolute Gasteiger partial charge is 0.478 e. The fourth-order valence-electron chi connectivity index (χ4n) is 1.26. The van der Waals surface area contributed by atoms with Gasteiger partial charge >= 0.3 is 5.97 Å². The van der Waals surface area contributed by atoms with Crippen molar-refractivity contribution in [2.75, 3.05) is 17.7 Å². The summed E-state index contributed by atoms with van der Waals surface area (Å²) in [7, 11) is 1.89. The molecule has 0 heterocycles. The lowest BCUT2D eigenvalue weighted by molar-refractivity contribution is 0.0697. The number of carboxylic acids is 1. The summed E-state index contributed by atoms with van der Waals surface area (Å²) in [6.45, 7) is 4.04. The highest BCUT2D eigenvalue weighted by molar-refractivity contribution is 5.90. The fraction of sp³-hybridized carbons (Fsp3) is 0.364. The van der Waals surface area contributed by atoms with Crippen molar-refractivity contribution in [1.82, 2.24) is 0 Å². The molecule has 82 valence electrons. The zero-order valence-corrected chi connectivity index (χ0v) is 9.19. The summed E-state index contributed by atoms with van der Waals surface area (Å²) in [6.07, 6.45) is 0. The van der Waals surface area contributed by atoms with Gasteiger partial charge < -0.3 is 15.7 Å².